The van der Waals surface area contributed by atoms with Crippen LogP contribution in [0.2, 0.25) is 10.0 Å². The third-order valence-corrected chi connectivity index (χ3v) is 6.00. The number of hydrogen-bond acceptors (Lipinski definition) is 5. The molecule has 0 fully saturated rings. The van der Waals surface area contributed by atoms with Gasteiger partial charge in [0.1, 0.15) is 5.75 Å². The molecule has 3 aromatic rings. The monoisotopic (exact) mass is 476 g/mol. The minimum absolute atomic E-state index is 0.155. The molecule has 1 atom stereocenters. The summed E-state index contributed by atoms with van der Waals surface area (Å²) in [6.07, 6.45) is 1.43. The van der Waals surface area contributed by atoms with Crippen molar-refractivity contribution in [2.45, 2.75) is 31.7 Å². The number of anilines is 1. The molecule has 0 saturated heterocycles. The zero-order chi connectivity index (χ0) is 22.4. The fourth-order valence-corrected chi connectivity index (χ4v) is 3.84. The molecule has 0 radical (unpaired) electrons. The number of carbonyl (C=O) groups is 1. The van der Waals surface area contributed by atoms with Crippen molar-refractivity contribution in [1.29, 1.82) is 0 Å². The number of hydrogen-bond donors (Lipinski definition) is 1. The number of aryl methyl sites for hydroxylation is 1. The van der Waals surface area contributed by atoms with Gasteiger partial charge in [-0.3, -0.25) is 9.36 Å². The molecule has 0 aliphatic carbocycles. The molecule has 9 heteroatoms. The molecule has 162 valence electrons. The Morgan fingerprint density at radius 2 is 1.97 bits per heavy atom. The summed E-state index contributed by atoms with van der Waals surface area (Å²) in [5.41, 5.74) is 1.74. The topological polar surface area (TPSA) is 69.0 Å². The predicted molar refractivity (Wildman–Crippen MR) is 126 cm³/mol. The highest BCUT2D eigenvalue weighted by Crippen LogP contribution is 2.27. The van der Waals surface area contributed by atoms with Gasteiger partial charge in [-0.15, -0.1) is 16.8 Å². The number of aromatic nitrogens is 3. The van der Waals surface area contributed by atoms with E-state index in [1.165, 1.54) is 11.8 Å². The molecule has 0 aliphatic heterocycles. The highest BCUT2D eigenvalue weighted by molar-refractivity contribution is 7.99. The van der Waals surface area contributed by atoms with Crippen molar-refractivity contribution >= 4 is 46.6 Å². The van der Waals surface area contributed by atoms with Gasteiger partial charge in [-0.1, -0.05) is 58.7 Å². The Bertz CT molecular complexity index is 1070. The molecule has 3 rings (SSSR count). The number of nitrogens with one attached hydrogen (secondary N) is 1. The molecule has 1 unspecified atom stereocenters. The first-order valence-electron chi connectivity index (χ1n) is 9.52. The quantitative estimate of drug-likeness (QED) is 0.305. The second-order valence-corrected chi connectivity index (χ2v) is 8.54. The van der Waals surface area contributed by atoms with E-state index >= 15 is 0 Å². The standard InChI is InChI=1S/C22H22Cl2N4O2S/c1-4-11-28-21(15(3)30-17-8-5-14(2)6-9-17)26-27-22(28)31-13-20(29)25-16-7-10-18(23)19(24)12-16/h4-10,12,15H,1,11,13H2,2-3H3,(H,25,29). The Hall–Kier alpha value is -2.48. The number of amides is 1. The van der Waals surface area contributed by atoms with Crippen molar-refractivity contribution in [3.63, 3.8) is 0 Å². The molecule has 0 saturated carbocycles. The molecule has 0 spiro atoms. The first-order valence-corrected chi connectivity index (χ1v) is 11.3. The van der Waals surface area contributed by atoms with Crippen LogP contribution in [0.15, 0.2) is 60.3 Å². The summed E-state index contributed by atoms with van der Waals surface area (Å²) < 4.78 is 7.90. The molecule has 2 aromatic carbocycles. The number of rotatable bonds is 9. The van der Waals surface area contributed by atoms with Gasteiger partial charge in [0.15, 0.2) is 17.1 Å². The Morgan fingerprint density at radius 3 is 2.65 bits per heavy atom. The van der Waals surface area contributed by atoms with E-state index < -0.39 is 0 Å². The van der Waals surface area contributed by atoms with Crippen LogP contribution < -0.4 is 10.1 Å². The number of ether oxygens (including phenoxy) is 1. The Balaban J connectivity index is 1.66. The van der Waals surface area contributed by atoms with Crippen LogP contribution in [0.3, 0.4) is 0 Å². The SMILES string of the molecule is C=CCn1c(SCC(=O)Nc2ccc(Cl)c(Cl)c2)nnc1C(C)Oc1ccc(C)cc1. The molecule has 31 heavy (non-hydrogen) atoms. The van der Waals surface area contributed by atoms with Crippen LogP contribution in [0, 0.1) is 6.92 Å². The van der Waals surface area contributed by atoms with Crippen LogP contribution in [0.5, 0.6) is 5.75 Å². The maximum absolute atomic E-state index is 12.4. The third-order valence-electron chi connectivity index (χ3n) is 4.29. The van der Waals surface area contributed by atoms with Gasteiger partial charge in [0.25, 0.3) is 0 Å². The second-order valence-electron chi connectivity index (χ2n) is 6.78. The fraction of sp³-hybridized carbons (Fsp3) is 0.227. The number of nitrogens with zero attached hydrogens (tertiary/aromatic N) is 3. The van der Waals surface area contributed by atoms with Crippen molar-refractivity contribution in [1.82, 2.24) is 14.8 Å². The molecular weight excluding hydrogens is 455 g/mol. The van der Waals surface area contributed by atoms with E-state index in [9.17, 15) is 4.79 Å². The summed E-state index contributed by atoms with van der Waals surface area (Å²) in [5, 5.41) is 12.7. The lowest BCUT2D eigenvalue weighted by atomic mass is 10.2. The van der Waals surface area contributed by atoms with Gasteiger partial charge in [0.2, 0.25) is 5.91 Å². The van der Waals surface area contributed by atoms with E-state index in [2.05, 4.69) is 22.1 Å². The van der Waals surface area contributed by atoms with Crippen molar-refractivity contribution in [2.75, 3.05) is 11.1 Å². The number of benzene rings is 2. The fourth-order valence-electron chi connectivity index (χ4n) is 2.78. The van der Waals surface area contributed by atoms with Crippen LogP contribution >= 0.6 is 35.0 Å². The van der Waals surface area contributed by atoms with Crippen LogP contribution in [0.4, 0.5) is 5.69 Å². The van der Waals surface area contributed by atoms with Crippen molar-refractivity contribution in [3.8, 4) is 5.75 Å². The Labute approximate surface area is 195 Å². The predicted octanol–water partition coefficient (Wildman–Crippen LogP) is 5.95. The summed E-state index contributed by atoms with van der Waals surface area (Å²) in [7, 11) is 0. The maximum atomic E-state index is 12.4. The van der Waals surface area contributed by atoms with E-state index in [4.69, 9.17) is 27.9 Å². The zero-order valence-electron chi connectivity index (χ0n) is 17.1. The molecule has 0 aliphatic rings. The summed E-state index contributed by atoms with van der Waals surface area (Å²) in [6.45, 7) is 8.24. The zero-order valence-corrected chi connectivity index (χ0v) is 19.5. The van der Waals surface area contributed by atoms with Gasteiger partial charge in [0.05, 0.1) is 15.8 Å². The summed E-state index contributed by atoms with van der Waals surface area (Å²) in [4.78, 5) is 12.4. The number of carbonyl (C=O) groups excluding carboxylic acids is 1. The highest BCUT2D eigenvalue weighted by Gasteiger charge is 2.20. The van der Waals surface area contributed by atoms with Crippen LogP contribution in [-0.2, 0) is 11.3 Å². The normalized spacial score (nSPS) is 11.7. The van der Waals surface area contributed by atoms with Crippen LogP contribution in [-0.4, -0.2) is 26.4 Å². The van der Waals surface area contributed by atoms with Crippen molar-refractivity contribution < 1.29 is 9.53 Å². The lowest BCUT2D eigenvalue weighted by Crippen LogP contribution is -2.15. The van der Waals surface area contributed by atoms with Gasteiger partial charge in [0, 0.05) is 12.2 Å². The first kappa shape index (κ1) is 23.2. The van der Waals surface area contributed by atoms with Crippen LogP contribution in [0.1, 0.15) is 24.4 Å². The summed E-state index contributed by atoms with van der Waals surface area (Å²) >= 11 is 13.2. The van der Waals surface area contributed by atoms with E-state index in [0.717, 1.165) is 11.3 Å². The van der Waals surface area contributed by atoms with Crippen molar-refractivity contribution in [3.05, 3.63) is 76.6 Å². The third kappa shape index (κ3) is 6.26. The first-order chi connectivity index (χ1) is 14.9. The average molecular weight is 477 g/mol. The second kappa shape index (κ2) is 10.7. The van der Waals surface area contributed by atoms with E-state index in [1.54, 1.807) is 24.3 Å². The Morgan fingerprint density at radius 1 is 1.23 bits per heavy atom. The lowest BCUT2D eigenvalue weighted by Gasteiger charge is -2.16. The van der Waals surface area contributed by atoms with E-state index in [1.807, 2.05) is 42.7 Å². The Kier molecular flexibility index (Phi) is 8.01. The lowest BCUT2D eigenvalue weighted by molar-refractivity contribution is -0.113. The number of allylic oxidation sites excluding steroid dienone is 1. The van der Waals surface area contributed by atoms with Crippen LogP contribution in [0.25, 0.3) is 0 Å². The number of thioether (sulfide) groups is 1. The average Bonchev–Trinajstić information content (AvgIpc) is 3.14. The molecule has 0 bridgehead atoms. The van der Waals surface area contributed by atoms with E-state index in [-0.39, 0.29) is 17.8 Å². The number of halogens is 2. The summed E-state index contributed by atoms with van der Waals surface area (Å²) in [5.74, 6) is 1.37. The molecule has 1 N–H and O–H groups in total. The van der Waals surface area contributed by atoms with E-state index in [0.29, 0.717) is 33.3 Å². The minimum atomic E-state index is -0.324. The minimum Gasteiger partial charge on any atom is -0.483 e. The van der Waals surface area contributed by atoms with Gasteiger partial charge < -0.3 is 10.1 Å². The largest absolute Gasteiger partial charge is 0.483 e. The van der Waals surface area contributed by atoms with Crippen molar-refractivity contribution in [2.24, 2.45) is 0 Å². The van der Waals surface area contributed by atoms with Gasteiger partial charge in [-0.2, -0.15) is 0 Å². The van der Waals surface area contributed by atoms with Gasteiger partial charge >= 0.3 is 0 Å². The molecule has 1 heterocycles. The molecule has 1 aromatic heterocycles. The maximum Gasteiger partial charge on any atom is 0.234 e. The smallest absolute Gasteiger partial charge is 0.234 e. The van der Waals surface area contributed by atoms with Gasteiger partial charge in [-0.05, 0) is 44.2 Å². The molecular formula is C22H22Cl2N4O2S. The molecule has 1 amide bonds. The summed E-state index contributed by atoms with van der Waals surface area (Å²) in [6, 6.07) is 12.8. The molecule has 6 nitrogen and oxygen atoms in total. The van der Waals surface area contributed by atoms with Gasteiger partial charge in [-0.25, -0.2) is 0 Å². The highest BCUT2D eigenvalue weighted by atomic mass is 35.5.